The molecule has 2 aromatic carbocycles. The quantitative estimate of drug-likeness (QED) is 0.313. The molecule has 2 heterocycles. The molecule has 0 aromatic heterocycles. The van der Waals surface area contributed by atoms with E-state index in [1.165, 1.54) is 0 Å². The van der Waals surface area contributed by atoms with E-state index in [1.807, 2.05) is 30.3 Å². The largest absolute Gasteiger partial charge is 0.507 e. The summed E-state index contributed by atoms with van der Waals surface area (Å²) < 4.78 is 10.9. The number of likely N-dealkylation sites (tertiary alicyclic amines) is 1. The second-order valence-corrected chi connectivity index (χ2v) is 7.90. The van der Waals surface area contributed by atoms with Crippen molar-refractivity contribution < 1.29 is 24.2 Å². The zero-order valence-corrected chi connectivity index (χ0v) is 17.9. The van der Waals surface area contributed by atoms with E-state index in [0.29, 0.717) is 24.5 Å². The average molecular weight is 421 g/mol. The monoisotopic (exact) mass is 421 g/mol. The molecule has 2 aliphatic rings. The van der Waals surface area contributed by atoms with Gasteiger partial charge in [0.2, 0.25) is 0 Å². The van der Waals surface area contributed by atoms with Gasteiger partial charge in [0.15, 0.2) is 0 Å². The van der Waals surface area contributed by atoms with Gasteiger partial charge in [0.05, 0.1) is 25.3 Å². The Morgan fingerprint density at radius 2 is 2.03 bits per heavy atom. The van der Waals surface area contributed by atoms with Crippen molar-refractivity contribution in [1.82, 2.24) is 4.90 Å². The first-order valence-corrected chi connectivity index (χ1v) is 10.7. The number of unbranched alkanes of at least 4 members (excludes halogenated alkanes) is 2. The Labute approximate surface area is 182 Å². The molecule has 1 amide bonds. The Morgan fingerprint density at radius 1 is 1.19 bits per heavy atom. The smallest absolute Gasteiger partial charge is 0.295 e. The molecule has 1 atom stereocenters. The van der Waals surface area contributed by atoms with Crippen LogP contribution in [0.3, 0.4) is 0 Å². The van der Waals surface area contributed by atoms with Crippen LogP contribution in [0.4, 0.5) is 0 Å². The van der Waals surface area contributed by atoms with E-state index >= 15 is 0 Å². The lowest BCUT2D eigenvalue weighted by atomic mass is 9.94. The lowest BCUT2D eigenvalue weighted by molar-refractivity contribution is -0.139. The van der Waals surface area contributed by atoms with Gasteiger partial charge in [0.1, 0.15) is 17.3 Å². The maximum absolute atomic E-state index is 13.1. The molecule has 1 fully saturated rings. The molecule has 4 rings (SSSR count). The van der Waals surface area contributed by atoms with Crippen LogP contribution in [0.5, 0.6) is 11.5 Å². The summed E-state index contributed by atoms with van der Waals surface area (Å²) in [4.78, 5) is 27.6. The number of amides is 1. The number of hydrogen-bond donors (Lipinski definition) is 1. The first-order chi connectivity index (χ1) is 15.0. The van der Waals surface area contributed by atoms with Gasteiger partial charge in [-0.05, 0) is 47.9 Å². The fraction of sp³-hybridized carbons (Fsp3) is 0.360. The van der Waals surface area contributed by atoms with E-state index in [-0.39, 0.29) is 11.3 Å². The van der Waals surface area contributed by atoms with Crippen molar-refractivity contribution in [2.75, 3.05) is 20.3 Å². The summed E-state index contributed by atoms with van der Waals surface area (Å²) in [6, 6.07) is 12.0. The number of Topliss-reactive ketones (excluding diaryl/α,β-unsaturated/α-hetero) is 1. The molecule has 1 saturated heterocycles. The van der Waals surface area contributed by atoms with Crippen LogP contribution in [0.25, 0.3) is 5.76 Å². The second kappa shape index (κ2) is 8.84. The predicted octanol–water partition coefficient (Wildman–Crippen LogP) is 4.24. The highest BCUT2D eigenvalue weighted by Gasteiger charge is 2.45. The molecular weight excluding hydrogens is 394 g/mol. The summed E-state index contributed by atoms with van der Waals surface area (Å²) in [5.74, 6) is 0.0413. The molecule has 0 saturated carbocycles. The minimum atomic E-state index is -0.656. The van der Waals surface area contributed by atoms with Crippen LogP contribution in [-0.4, -0.2) is 42.0 Å². The molecule has 0 aliphatic carbocycles. The molecular formula is C25H27NO5. The molecule has 0 radical (unpaired) electrons. The third-order valence-corrected chi connectivity index (χ3v) is 5.91. The lowest BCUT2D eigenvalue weighted by Gasteiger charge is -2.25. The fourth-order valence-electron chi connectivity index (χ4n) is 4.29. The summed E-state index contributed by atoms with van der Waals surface area (Å²) in [6.45, 7) is 3.14. The van der Waals surface area contributed by atoms with Crippen LogP contribution in [0.15, 0.2) is 48.0 Å². The number of ether oxygens (including phenoxy) is 2. The number of hydrogen-bond acceptors (Lipinski definition) is 5. The SMILES string of the molecule is CCCCCN1C(=O)C(=O)/C(=C(\O)c2ccc3c(c2)CCO3)C1c1cccc(OC)c1. The highest BCUT2D eigenvalue weighted by Crippen LogP contribution is 2.41. The van der Waals surface area contributed by atoms with Crippen molar-refractivity contribution in [2.24, 2.45) is 0 Å². The average Bonchev–Trinajstić information content (AvgIpc) is 3.36. The van der Waals surface area contributed by atoms with Gasteiger partial charge in [0, 0.05) is 18.5 Å². The van der Waals surface area contributed by atoms with E-state index in [0.717, 1.165) is 42.6 Å². The molecule has 0 spiro atoms. The zero-order valence-electron chi connectivity index (χ0n) is 17.9. The normalized spacial score (nSPS) is 19.4. The molecule has 31 heavy (non-hydrogen) atoms. The summed E-state index contributed by atoms with van der Waals surface area (Å²) in [6.07, 6.45) is 3.50. The van der Waals surface area contributed by atoms with Crippen LogP contribution >= 0.6 is 0 Å². The van der Waals surface area contributed by atoms with Crippen molar-refractivity contribution in [3.63, 3.8) is 0 Å². The first kappa shape index (κ1) is 21.0. The Bertz CT molecular complexity index is 1040. The van der Waals surface area contributed by atoms with E-state index in [9.17, 15) is 14.7 Å². The van der Waals surface area contributed by atoms with E-state index in [2.05, 4.69) is 6.92 Å². The number of methoxy groups -OCH3 is 1. The van der Waals surface area contributed by atoms with Gasteiger partial charge in [-0.15, -0.1) is 0 Å². The number of ketones is 1. The van der Waals surface area contributed by atoms with Crippen molar-refractivity contribution in [1.29, 1.82) is 0 Å². The highest BCUT2D eigenvalue weighted by molar-refractivity contribution is 6.46. The Kier molecular flexibility index (Phi) is 5.98. The number of aliphatic hydroxyl groups excluding tert-OH is 1. The molecule has 0 bridgehead atoms. The molecule has 2 aliphatic heterocycles. The van der Waals surface area contributed by atoms with Crippen LogP contribution < -0.4 is 9.47 Å². The Morgan fingerprint density at radius 3 is 2.81 bits per heavy atom. The number of carbonyl (C=O) groups is 2. The topological polar surface area (TPSA) is 76.1 Å². The minimum Gasteiger partial charge on any atom is -0.507 e. The lowest BCUT2D eigenvalue weighted by Crippen LogP contribution is -2.30. The third-order valence-electron chi connectivity index (χ3n) is 5.91. The Hall–Kier alpha value is -3.28. The van der Waals surface area contributed by atoms with E-state index in [1.54, 1.807) is 24.1 Å². The van der Waals surface area contributed by atoms with Crippen LogP contribution in [0.1, 0.15) is 48.9 Å². The summed E-state index contributed by atoms with van der Waals surface area (Å²) in [7, 11) is 1.57. The number of aliphatic hydroxyl groups is 1. The molecule has 6 heteroatoms. The highest BCUT2D eigenvalue weighted by atomic mass is 16.5. The first-order valence-electron chi connectivity index (χ1n) is 10.7. The fourth-order valence-corrected chi connectivity index (χ4v) is 4.29. The maximum Gasteiger partial charge on any atom is 0.295 e. The van der Waals surface area contributed by atoms with Crippen molar-refractivity contribution in [3.8, 4) is 11.5 Å². The van der Waals surface area contributed by atoms with E-state index in [4.69, 9.17) is 9.47 Å². The number of carbonyl (C=O) groups excluding carboxylic acids is 2. The molecule has 6 nitrogen and oxygen atoms in total. The molecule has 1 N–H and O–H groups in total. The van der Waals surface area contributed by atoms with Crippen molar-refractivity contribution >= 4 is 17.4 Å². The predicted molar refractivity (Wildman–Crippen MR) is 117 cm³/mol. The summed E-state index contributed by atoms with van der Waals surface area (Å²) >= 11 is 0. The standard InChI is InChI=1S/C25H27NO5/c1-3-4-5-12-26-22(17-7-6-8-19(15-17)30-2)21(24(28)25(26)29)23(27)18-9-10-20-16(14-18)11-13-31-20/h6-10,14-15,22,27H,3-5,11-13H2,1-2H3/b23-21-. The van der Waals surface area contributed by atoms with Crippen molar-refractivity contribution in [2.45, 2.75) is 38.6 Å². The van der Waals surface area contributed by atoms with Crippen LogP contribution in [-0.2, 0) is 16.0 Å². The van der Waals surface area contributed by atoms with Gasteiger partial charge >= 0.3 is 0 Å². The van der Waals surface area contributed by atoms with Gasteiger partial charge in [-0.1, -0.05) is 31.9 Å². The van der Waals surface area contributed by atoms with Gasteiger partial charge in [0.25, 0.3) is 11.7 Å². The molecule has 1 unspecified atom stereocenters. The number of nitrogens with zero attached hydrogens (tertiary/aromatic N) is 1. The van der Waals surface area contributed by atoms with Crippen molar-refractivity contribution in [3.05, 3.63) is 64.7 Å². The minimum absolute atomic E-state index is 0.119. The van der Waals surface area contributed by atoms with Gasteiger partial charge in [-0.2, -0.15) is 0 Å². The maximum atomic E-state index is 13.1. The Balaban J connectivity index is 1.82. The van der Waals surface area contributed by atoms with Crippen LogP contribution in [0, 0.1) is 0 Å². The molecule has 2 aromatic rings. The number of benzene rings is 2. The van der Waals surface area contributed by atoms with Crippen LogP contribution in [0.2, 0.25) is 0 Å². The van der Waals surface area contributed by atoms with Gasteiger partial charge in [-0.25, -0.2) is 0 Å². The second-order valence-electron chi connectivity index (χ2n) is 7.90. The number of rotatable bonds is 7. The molecule has 162 valence electrons. The van der Waals surface area contributed by atoms with Gasteiger partial charge < -0.3 is 19.5 Å². The summed E-state index contributed by atoms with van der Waals surface area (Å²) in [5, 5.41) is 11.2. The van der Waals surface area contributed by atoms with Gasteiger partial charge in [-0.3, -0.25) is 9.59 Å². The zero-order chi connectivity index (χ0) is 22.0. The number of fused-ring (bicyclic) bond motifs is 1. The van der Waals surface area contributed by atoms with E-state index < -0.39 is 17.7 Å². The summed E-state index contributed by atoms with van der Waals surface area (Å²) in [5.41, 5.74) is 2.36. The third kappa shape index (κ3) is 3.90.